The second-order valence-corrected chi connectivity index (χ2v) is 5.41. The Bertz CT molecular complexity index is 288. The van der Waals surface area contributed by atoms with Crippen molar-refractivity contribution in [3.63, 3.8) is 0 Å². The number of amides is 1. The SMILES string of the molecule is CCOCCCN1C(=O)C2(CCCC2)NC1CC. The Morgan fingerprint density at radius 1 is 1.39 bits per heavy atom. The van der Waals surface area contributed by atoms with Gasteiger partial charge in [0.25, 0.3) is 0 Å². The first-order valence-electron chi connectivity index (χ1n) is 7.40. The molecule has 0 radical (unpaired) electrons. The highest BCUT2D eigenvalue weighted by Gasteiger charge is 2.51. The van der Waals surface area contributed by atoms with Gasteiger partial charge in [0.1, 0.15) is 0 Å². The predicted octanol–water partition coefficient (Wildman–Crippen LogP) is 1.89. The summed E-state index contributed by atoms with van der Waals surface area (Å²) in [6.45, 7) is 6.49. The van der Waals surface area contributed by atoms with E-state index in [1.54, 1.807) is 0 Å². The van der Waals surface area contributed by atoms with E-state index >= 15 is 0 Å². The third kappa shape index (κ3) is 2.54. The molecule has 1 saturated heterocycles. The van der Waals surface area contributed by atoms with Gasteiger partial charge in [-0.3, -0.25) is 10.1 Å². The van der Waals surface area contributed by atoms with Gasteiger partial charge in [0.15, 0.2) is 0 Å². The number of hydrogen-bond donors (Lipinski definition) is 1. The molecule has 2 rings (SSSR count). The summed E-state index contributed by atoms with van der Waals surface area (Å²) in [5.41, 5.74) is -0.216. The summed E-state index contributed by atoms with van der Waals surface area (Å²) in [5, 5.41) is 3.59. The van der Waals surface area contributed by atoms with Crippen LogP contribution in [0.15, 0.2) is 0 Å². The van der Waals surface area contributed by atoms with Crippen molar-refractivity contribution in [2.24, 2.45) is 0 Å². The van der Waals surface area contributed by atoms with Crippen LogP contribution in [0.2, 0.25) is 0 Å². The van der Waals surface area contributed by atoms with Crippen molar-refractivity contribution in [2.75, 3.05) is 19.8 Å². The molecule has 2 aliphatic rings. The molecule has 1 atom stereocenters. The molecular weight excluding hydrogens is 228 g/mol. The van der Waals surface area contributed by atoms with Gasteiger partial charge in [0.2, 0.25) is 5.91 Å². The molecule has 1 N–H and O–H groups in total. The zero-order valence-corrected chi connectivity index (χ0v) is 11.7. The van der Waals surface area contributed by atoms with E-state index in [2.05, 4.69) is 12.2 Å². The van der Waals surface area contributed by atoms with Crippen LogP contribution >= 0.6 is 0 Å². The highest BCUT2D eigenvalue weighted by Crippen LogP contribution is 2.36. The molecule has 4 heteroatoms. The second-order valence-electron chi connectivity index (χ2n) is 5.41. The lowest BCUT2D eigenvalue weighted by Crippen LogP contribution is -2.44. The highest BCUT2D eigenvalue weighted by molar-refractivity contribution is 5.89. The Kier molecular flexibility index (Phi) is 4.62. The van der Waals surface area contributed by atoms with Gasteiger partial charge < -0.3 is 9.64 Å². The average molecular weight is 254 g/mol. The molecule has 0 bridgehead atoms. The first-order valence-corrected chi connectivity index (χ1v) is 7.40. The third-order valence-electron chi connectivity index (χ3n) is 4.22. The molecule has 1 aliphatic heterocycles. The van der Waals surface area contributed by atoms with E-state index in [9.17, 15) is 4.79 Å². The number of nitrogens with zero attached hydrogens (tertiary/aromatic N) is 1. The van der Waals surface area contributed by atoms with Crippen molar-refractivity contribution < 1.29 is 9.53 Å². The van der Waals surface area contributed by atoms with Crippen molar-refractivity contribution >= 4 is 5.91 Å². The largest absolute Gasteiger partial charge is 0.382 e. The second kappa shape index (κ2) is 6.02. The van der Waals surface area contributed by atoms with Crippen molar-refractivity contribution in [1.29, 1.82) is 0 Å². The molecular formula is C14H26N2O2. The first kappa shape index (κ1) is 13.8. The number of ether oxygens (including phenoxy) is 1. The minimum absolute atomic E-state index is 0.216. The molecule has 1 unspecified atom stereocenters. The van der Waals surface area contributed by atoms with Crippen molar-refractivity contribution in [1.82, 2.24) is 10.2 Å². The summed E-state index contributed by atoms with van der Waals surface area (Å²) in [6, 6.07) is 0. The van der Waals surface area contributed by atoms with Crippen LogP contribution in [0.1, 0.15) is 52.4 Å². The Hall–Kier alpha value is -0.610. The van der Waals surface area contributed by atoms with Crippen LogP contribution in [0.3, 0.4) is 0 Å². The Balaban J connectivity index is 1.93. The Morgan fingerprint density at radius 2 is 2.11 bits per heavy atom. The van der Waals surface area contributed by atoms with Crippen LogP contribution in [-0.4, -0.2) is 42.3 Å². The lowest BCUT2D eigenvalue weighted by molar-refractivity contribution is -0.133. The summed E-state index contributed by atoms with van der Waals surface area (Å²) >= 11 is 0. The van der Waals surface area contributed by atoms with Gasteiger partial charge in [-0.1, -0.05) is 19.8 Å². The fraction of sp³-hybridized carbons (Fsp3) is 0.929. The fourth-order valence-electron chi connectivity index (χ4n) is 3.27. The van der Waals surface area contributed by atoms with E-state index in [1.165, 1.54) is 12.8 Å². The summed E-state index contributed by atoms with van der Waals surface area (Å²) in [5.74, 6) is 0.336. The van der Waals surface area contributed by atoms with Crippen LogP contribution in [-0.2, 0) is 9.53 Å². The molecule has 1 saturated carbocycles. The standard InChI is InChI=1S/C14H26N2O2/c1-3-12-15-14(8-5-6-9-14)13(17)16(12)10-7-11-18-4-2/h12,15H,3-11H2,1-2H3. The van der Waals surface area contributed by atoms with Gasteiger partial charge in [-0.15, -0.1) is 0 Å². The molecule has 2 fully saturated rings. The van der Waals surface area contributed by atoms with E-state index in [0.717, 1.165) is 45.4 Å². The van der Waals surface area contributed by atoms with Gasteiger partial charge in [0.05, 0.1) is 11.7 Å². The smallest absolute Gasteiger partial charge is 0.244 e. The minimum atomic E-state index is -0.216. The number of nitrogens with one attached hydrogen (secondary N) is 1. The van der Waals surface area contributed by atoms with Crippen molar-refractivity contribution in [2.45, 2.75) is 64.1 Å². The summed E-state index contributed by atoms with van der Waals surface area (Å²) in [4.78, 5) is 14.6. The molecule has 1 spiro atoms. The van der Waals surface area contributed by atoms with Crippen LogP contribution in [0.5, 0.6) is 0 Å². The van der Waals surface area contributed by atoms with Gasteiger partial charge in [0, 0.05) is 19.8 Å². The number of carbonyl (C=O) groups is 1. The van der Waals surface area contributed by atoms with Crippen LogP contribution in [0.4, 0.5) is 0 Å². The Morgan fingerprint density at radius 3 is 2.72 bits per heavy atom. The Labute approximate surface area is 110 Å². The quantitative estimate of drug-likeness (QED) is 0.736. The lowest BCUT2D eigenvalue weighted by Gasteiger charge is -2.23. The van der Waals surface area contributed by atoms with Gasteiger partial charge in [-0.25, -0.2) is 0 Å². The highest BCUT2D eigenvalue weighted by atomic mass is 16.5. The molecule has 0 aromatic carbocycles. The molecule has 0 aromatic heterocycles. The average Bonchev–Trinajstić information content (AvgIpc) is 2.95. The predicted molar refractivity (Wildman–Crippen MR) is 71.2 cm³/mol. The van der Waals surface area contributed by atoms with Gasteiger partial charge >= 0.3 is 0 Å². The van der Waals surface area contributed by atoms with E-state index in [0.29, 0.717) is 5.91 Å². The zero-order chi connectivity index (χ0) is 13.0. The van der Waals surface area contributed by atoms with Gasteiger partial charge in [-0.05, 0) is 32.6 Å². The monoisotopic (exact) mass is 254 g/mol. The molecule has 18 heavy (non-hydrogen) atoms. The first-order chi connectivity index (χ1) is 8.73. The lowest BCUT2D eigenvalue weighted by atomic mass is 9.98. The topological polar surface area (TPSA) is 41.6 Å². The third-order valence-corrected chi connectivity index (χ3v) is 4.22. The van der Waals surface area contributed by atoms with E-state index in [4.69, 9.17) is 4.74 Å². The molecule has 104 valence electrons. The fourth-order valence-corrected chi connectivity index (χ4v) is 3.27. The van der Waals surface area contributed by atoms with Crippen LogP contribution in [0.25, 0.3) is 0 Å². The zero-order valence-electron chi connectivity index (χ0n) is 11.7. The summed E-state index contributed by atoms with van der Waals surface area (Å²) in [7, 11) is 0. The maximum absolute atomic E-state index is 12.6. The minimum Gasteiger partial charge on any atom is -0.382 e. The normalized spacial score (nSPS) is 26.4. The molecule has 1 amide bonds. The van der Waals surface area contributed by atoms with Crippen molar-refractivity contribution in [3.8, 4) is 0 Å². The number of rotatable bonds is 6. The number of carbonyl (C=O) groups excluding carboxylic acids is 1. The van der Waals surface area contributed by atoms with Gasteiger partial charge in [-0.2, -0.15) is 0 Å². The van der Waals surface area contributed by atoms with Crippen LogP contribution in [0, 0.1) is 0 Å². The van der Waals surface area contributed by atoms with Crippen molar-refractivity contribution in [3.05, 3.63) is 0 Å². The summed E-state index contributed by atoms with van der Waals surface area (Å²) < 4.78 is 5.36. The maximum Gasteiger partial charge on any atom is 0.244 e. The maximum atomic E-state index is 12.6. The van der Waals surface area contributed by atoms with Crippen LogP contribution < -0.4 is 5.32 Å². The van der Waals surface area contributed by atoms with E-state index in [-0.39, 0.29) is 11.7 Å². The molecule has 0 aromatic rings. The molecule has 1 aliphatic carbocycles. The summed E-state index contributed by atoms with van der Waals surface area (Å²) in [6.07, 6.45) is 6.56. The van der Waals surface area contributed by atoms with E-state index in [1.807, 2.05) is 11.8 Å². The van der Waals surface area contributed by atoms with E-state index < -0.39 is 0 Å². The molecule has 1 heterocycles. The number of hydrogen-bond acceptors (Lipinski definition) is 3. The molecule has 4 nitrogen and oxygen atoms in total.